The molecule has 0 spiro atoms. The van der Waals surface area contributed by atoms with Crippen LogP contribution in [0.4, 0.5) is 0 Å². The van der Waals surface area contributed by atoms with Gasteiger partial charge < -0.3 is 10.0 Å². The molecule has 0 saturated carbocycles. The van der Waals surface area contributed by atoms with Crippen LogP contribution in [0.5, 0.6) is 0 Å². The van der Waals surface area contributed by atoms with E-state index >= 15 is 0 Å². The number of aryl methyl sites for hydroxylation is 1. The molecule has 0 aliphatic carbocycles. The lowest BCUT2D eigenvalue weighted by atomic mass is 9.97. The van der Waals surface area contributed by atoms with E-state index in [0.29, 0.717) is 18.4 Å². The van der Waals surface area contributed by atoms with Gasteiger partial charge >= 0.3 is 5.97 Å². The van der Waals surface area contributed by atoms with Crippen molar-refractivity contribution >= 4 is 17.3 Å². The lowest BCUT2D eigenvalue weighted by Crippen LogP contribution is -2.37. The number of piperidine rings is 1. The van der Waals surface area contributed by atoms with Crippen molar-refractivity contribution in [1.29, 1.82) is 0 Å². The van der Waals surface area contributed by atoms with Gasteiger partial charge in [-0.3, -0.25) is 4.79 Å². The van der Waals surface area contributed by atoms with E-state index in [2.05, 4.69) is 23.7 Å². The summed E-state index contributed by atoms with van der Waals surface area (Å²) in [6.07, 6.45) is 3.07. The Morgan fingerprint density at radius 2 is 2.21 bits per heavy atom. The van der Waals surface area contributed by atoms with Crippen LogP contribution in [0.25, 0.3) is 0 Å². The number of aliphatic carboxylic acids is 1. The molecule has 0 atom stereocenters. The maximum absolute atomic E-state index is 10.6. The summed E-state index contributed by atoms with van der Waals surface area (Å²) in [5.74, 6) is -0.182. The summed E-state index contributed by atoms with van der Waals surface area (Å²) in [5.41, 5.74) is 0.939. The maximum atomic E-state index is 10.6. The largest absolute Gasteiger partial charge is 0.481 e. The highest BCUT2D eigenvalue weighted by Gasteiger charge is 2.24. The Morgan fingerprint density at radius 3 is 2.79 bits per heavy atom. The van der Waals surface area contributed by atoms with E-state index in [9.17, 15) is 4.79 Å². The second-order valence-electron chi connectivity index (χ2n) is 5.47. The van der Waals surface area contributed by atoms with E-state index in [-0.39, 0.29) is 6.42 Å². The molecular formula is C14H22N2O2S. The molecule has 1 aliphatic heterocycles. The van der Waals surface area contributed by atoms with Gasteiger partial charge in [0.1, 0.15) is 0 Å². The molecule has 0 bridgehead atoms. The predicted molar refractivity (Wildman–Crippen MR) is 76.8 cm³/mol. The number of hydrogen-bond donors (Lipinski definition) is 1. The Morgan fingerprint density at radius 1 is 1.53 bits per heavy atom. The van der Waals surface area contributed by atoms with Crippen molar-refractivity contribution in [1.82, 2.24) is 9.88 Å². The fourth-order valence-corrected chi connectivity index (χ4v) is 3.55. The van der Waals surface area contributed by atoms with Gasteiger partial charge in [0.25, 0.3) is 0 Å². The van der Waals surface area contributed by atoms with Crippen LogP contribution in [-0.4, -0.2) is 40.1 Å². The number of carboxylic acid groups (broad SMARTS) is 1. The minimum Gasteiger partial charge on any atom is -0.481 e. The SMILES string of the molecule is CC(C)N1CCC(c2nc(CCC(=O)O)cs2)CC1. The van der Waals surface area contributed by atoms with Crippen molar-refractivity contribution in [3.63, 3.8) is 0 Å². The summed E-state index contributed by atoms with van der Waals surface area (Å²) in [7, 11) is 0. The molecule has 2 rings (SSSR count). The molecule has 1 saturated heterocycles. The Kier molecular flexibility index (Phi) is 4.93. The summed E-state index contributed by atoms with van der Waals surface area (Å²) in [6.45, 7) is 6.78. The van der Waals surface area contributed by atoms with Crippen LogP contribution in [-0.2, 0) is 11.2 Å². The van der Waals surface area contributed by atoms with E-state index in [4.69, 9.17) is 5.11 Å². The smallest absolute Gasteiger partial charge is 0.303 e. The standard InChI is InChI=1S/C14H22N2O2S/c1-10(2)16-7-5-11(6-8-16)14-15-12(9-19-14)3-4-13(17)18/h9-11H,3-8H2,1-2H3,(H,17,18). The Hall–Kier alpha value is -0.940. The Bertz CT molecular complexity index is 423. The van der Waals surface area contributed by atoms with Crippen molar-refractivity contribution in [2.45, 2.75) is 51.5 Å². The van der Waals surface area contributed by atoms with Gasteiger partial charge in [-0.25, -0.2) is 4.98 Å². The first-order valence-corrected chi connectivity index (χ1v) is 7.84. The van der Waals surface area contributed by atoms with E-state index in [0.717, 1.165) is 18.8 Å². The van der Waals surface area contributed by atoms with Crippen LogP contribution in [0, 0.1) is 0 Å². The van der Waals surface area contributed by atoms with Crippen LogP contribution >= 0.6 is 11.3 Å². The highest BCUT2D eigenvalue weighted by molar-refractivity contribution is 7.09. The van der Waals surface area contributed by atoms with E-state index < -0.39 is 5.97 Å². The monoisotopic (exact) mass is 282 g/mol. The summed E-state index contributed by atoms with van der Waals surface area (Å²) in [6, 6.07) is 0.628. The van der Waals surface area contributed by atoms with Crippen LogP contribution in [0.15, 0.2) is 5.38 Å². The molecule has 0 amide bonds. The zero-order valence-electron chi connectivity index (χ0n) is 11.6. The topological polar surface area (TPSA) is 53.4 Å². The molecular weight excluding hydrogens is 260 g/mol. The number of likely N-dealkylation sites (tertiary alicyclic amines) is 1. The van der Waals surface area contributed by atoms with Gasteiger partial charge in [-0.05, 0) is 39.8 Å². The number of carbonyl (C=O) groups is 1. The Labute approximate surface area is 118 Å². The average molecular weight is 282 g/mol. The number of hydrogen-bond acceptors (Lipinski definition) is 4. The summed E-state index contributed by atoms with van der Waals surface area (Å²) in [5, 5.41) is 11.9. The van der Waals surface area contributed by atoms with E-state index in [1.807, 2.05) is 5.38 Å². The molecule has 0 unspecified atom stereocenters. The van der Waals surface area contributed by atoms with Crippen molar-refractivity contribution in [3.05, 3.63) is 16.1 Å². The first-order valence-electron chi connectivity index (χ1n) is 6.96. The first kappa shape index (κ1) is 14.5. The van der Waals surface area contributed by atoms with Crippen molar-refractivity contribution in [3.8, 4) is 0 Å². The maximum Gasteiger partial charge on any atom is 0.303 e. The fourth-order valence-electron chi connectivity index (χ4n) is 2.52. The average Bonchev–Trinajstić information content (AvgIpc) is 2.85. The van der Waals surface area contributed by atoms with Crippen LogP contribution in [0.3, 0.4) is 0 Å². The molecule has 5 heteroatoms. The molecule has 1 fully saturated rings. The quantitative estimate of drug-likeness (QED) is 0.902. The zero-order valence-corrected chi connectivity index (χ0v) is 12.4. The van der Waals surface area contributed by atoms with Crippen molar-refractivity contribution < 1.29 is 9.90 Å². The minimum absolute atomic E-state index is 0.176. The molecule has 1 N–H and O–H groups in total. The van der Waals surface area contributed by atoms with Gasteiger partial charge in [-0.2, -0.15) is 0 Å². The summed E-state index contributed by atoms with van der Waals surface area (Å²) < 4.78 is 0. The molecule has 2 heterocycles. The molecule has 106 valence electrons. The third-order valence-corrected chi connectivity index (χ3v) is 4.83. The highest BCUT2D eigenvalue weighted by atomic mass is 32.1. The van der Waals surface area contributed by atoms with Gasteiger partial charge in [0.05, 0.1) is 17.1 Å². The number of aromatic nitrogens is 1. The van der Waals surface area contributed by atoms with Crippen LogP contribution < -0.4 is 0 Å². The third kappa shape index (κ3) is 4.01. The van der Waals surface area contributed by atoms with E-state index in [1.165, 1.54) is 17.8 Å². The number of carboxylic acids is 1. The second kappa shape index (κ2) is 6.48. The molecule has 1 aromatic heterocycles. The molecule has 0 aromatic carbocycles. The lowest BCUT2D eigenvalue weighted by molar-refractivity contribution is -0.136. The Balaban J connectivity index is 1.88. The van der Waals surface area contributed by atoms with Crippen LogP contribution in [0.1, 0.15) is 49.7 Å². The third-order valence-electron chi connectivity index (χ3n) is 3.77. The second-order valence-corrected chi connectivity index (χ2v) is 6.36. The van der Waals surface area contributed by atoms with Crippen molar-refractivity contribution in [2.75, 3.05) is 13.1 Å². The normalized spacial score (nSPS) is 18.1. The van der Waals surface area contributed by atoms with Crippen LogP contribution in [0.2, 0.25) is 0 Å². The molecule has 19 heavy (non-hydrogen) atoms. The van der Waals surface area contributed by atoms with Gasteiger partial charge in [-0.1, -0.05) is 0 Å². The first-order chi connectivity index (χ1) is 9.06. The van der Waals surface area contributed by atoms with Gasteiger partial charge in [0.15, 0.2) is 0 Å². The highest BCUT2D eigenvalue weighted by Crippen LogP contribution is 2.31. The molecule has 0 radical (unpaired) electrons. The van der Waals surface area contributed by atoms with Gasteiger partial charge in [0, 0.05) is 23.8 Å². The zero-order chi connectivity index (χ0) is 13.8. The fraction of sp³-hybridized carbons (Fsp3) is 0.714. The molecule has 1 aliphatic rings. The summed E-state index contributed by atoms with van der Waals surface area (Å²) >= 11 is 1.69. The molecule has 4 nitrogen and oxygen atoms in total. The lowest BCUT2D eigenvalue weighted by Gasteiger charge is -2.33. The number of rotatable bonds is 5. The van der Waals surface area contributed by atoms with Gasteiger partial charge in [0.2, 0.25) is 0 Å². The molecule has 1 aromatic rings. The summed E-state index contributed by atoms with van der Waals surface area (Å²) in [4.78, 5) is 17.7. The van der Waals surface area contributed by atoms with E-state index in [1.54, 1.807) is 11.3 Å². The number of nitrogens with zero attached hydrogens (tertiary/aromatic N) is 2. The number of thiazole rings is 1. The predicted octanol–water partition coefficient (Wildman–Crippen LogP) is 2.75. The van der Waals surface area contributed by atoms with Gasteiger partial charge in [-0.15, -0.1) is 11.3 Å². The minimum atomic E-state index is -0.750. The van der Waals surface area contributed by atoms with Crippen molar-refractivity contribution in [2.24, 2.45) is 0 Å².